The SMILES string of the molecule is CCCNCc1ccc(OC)c(OCC(CC)CC)c1. The molecule has 1 aromatic rings. The van der Waals surface area contributed by atoms with E-state index in [-0.39, 0.29) is 0 Å². The van der Waals surface area contributed by atoms with Crippen molar-refractivity contribution >= 4 is 0 Å². The molecule has 0 heterocycles. The second kappa shape index (κ2) is 9.65. The second-order valence-corrected chi connectivity index (χ2v) is 5.16. The Morgan fingerprint density at radius 1 is 1.10 bits per heavy atom. The molecule has 0 aromatic heterocycles. The summed E-state index contributed by atoms with van der Waals surface area (Å²) in [5.41, 5.74) is 1.23. The molecule has 0 fully saturated rings. The Morgan fingerprint density at radius 2 is 1.85 bits per heavy atom. The first-order valence-corrected chi connectivity index (χ1v) is 7.75. The average molecular weight is 279 g/mol. The zero-order valence-electron chi connectivity index (χ0n) is 13.4. The Balaban J connectivity index is 2.67. The van der Waals surface area contributed by atoms with Crippen LogP contribution in [0.3, 0.4) is 0 Å². The van der Waals surface area contributed by atoms with E-state index < -0.39 is 0 Å². The van der Waals surface area contributed by atoms with Crippen LogP contribution in [-0.4, -0.2) is 20.3 Å². The van der Waals surface area contributed by atoms with Gasteiger partial charge < -0.3 is 14.8 Å². The standard InChI is InChI=1S/C17H29NO2/c1-5-10-18-12-15-8-9-16(19-4)17(11-15)20-13-14(6-2)7-3/h8-9,11,14,18H,5-7,10,12-13H2,1-4H3. The number of ether oxygens (including phenoxy) is 2. The molecule has 0 saturated heterocycles. The molecule has 0 amide bonds. The zero-order chi connectivity index (χ0) is 14.8. The first kappa shape index (κ1) is 16.8. The minimum Gasteiger partial charge on any atom is -0.493 e. The Kier molecular flexibility index (Phi) is 8.12. The second-order valence-electron chi connectivity index (χ2n) is 5.16. The van der Waals surface area contributed by atoms with E-state index in [1.54, 1.807) is 7.11 Å². The molecule has 0 bridgehead atoms. The van der Waals surface area contributed by atoms with Crippen LogP contribution in [0.5, 0.6) is 11.5 Å². The molecule has 1 rings (SSSR count). The summed E-state index contributed by atoms with van der Waals surface area (Å²) in [6, 6.07) is 6.17. The van der Waals surface area contributed by atoms with Crippen molar-refractivity contribution in [2.75, 3.05) is 20.3 Å². The van der Waals surface area contributed by atoms with Gasteiger partial charge in [0.25, 0.3) is 0 Å². The maximum absolute atomic E-state index is 5.97. The third kappa shape index (κ3) is 5.41. The lowest BCUT2D eigenvalue weighted by Gasteiger charge is -2.16. The summed E-state index contributed by atoms with van der Waals surface area (Å²) < 4.78 is 11.3. The molecule has 20 heavy (non-hydrogen) atoms. The molecule has 0 aliphatic rings. The van der Waals surface area contributed by atoms with Gasteiger partial charge in [-0.05, 0) is 36.6 Å². The summed E-state index contributed by atoms with van der Waals surface area (Å²) in [6.45, 7) is 9.26. The summed E-state index contributed by atoms with van der Waals surface area (Å²) in [4.78, 5) is 0. The van der Waals surface area contributed by atoms with Crippen molar-refractivity contribution in [3.63, 3.8) is 0 Å². The van der Waals surface area contributed by atoms with Gasteiger partial charge in [0, 0.05) is 6.54 Å². The molecule has 0 atom stereocenters. The Labute approximate surface area is 123 Å². The molecule has 0 aliphatic carbocycles. The van der Waals surface area contributed by atoms with Gasteiger partial charge in [-0.15, -0.1) is 0 Å². The molecule has 1 aromatic carbocycles. The van der Waals surface area contributed by atoms with Crippen LogP contribution in [-0.2, 0) is 6.54 Å². The fraction of sp³-hybridized carbons (Fsp3) is 0.647. The fourth-order valence-electron chi connectivity index (χ4n) is 2.09. The van der Waals surface area contributed by atoms with E-state index in [4.69, 9.17) is 9.47 Å². The monoisotopic (exact) mass is 279 g/mol. The van der Waals surface area contributed by atoms with E-state index >= 15 is 0 Å². The summed E-state index contributed by atoms with van der Waals surface area (Å²) in [5, 5.41) is 3.41. The average Bonchev–Trinajstić information content (AvgIpc) is 2.49. The van der Waals surface area contributed by atoms with Crippen LogP contribution in [0, 0.1) is 5.92 Å². The van der Waals surface area contributed by atoms with E-state index in [9.17, 15) is 0 Å². The van der Waals surface area contributed by atoms with Crippen LogP contribution in [0.15, 0.2) is 18.2 Å². The van der Waals surface area contributed by atoms with Crippen molar-refractivity contribution in [1.82, 2.24) is 5.32 Å². The molecule has 0 radical (unpaired) electrons. The lowest BCUT2D eigenvalue weighted by Crippen LogP contribution is -2.14. The van der Waals surface area contributed by atoms with Crippen LogP contribution in [0.1, 0.15) is 45.6 Å². The number of benzene rings is 1. The highest BCUT2D eigenvalue weighted by Gasteiger charge is 2.09. The van der Waals surface area contributed by atoms with Gasteiger partial charge in [0.15, 0.2) is 11.5 Å². The summed E-state index contributed by atoms with van der Waals surface area (Å²) in [7, 11) is 1.69. The minimum absolute atomic E-state index is 0.613. The first-order chi connectivity index (χ1) is 9.74. The van der Waals surface area contributed by atoms with Crippen LogP contribution in [0.4, 0.5) is 0 Å². The summed E-state index contributed by atoms with van der Waals surface area (Å²) >= 11 is 0. The fourth-order valence-corrected chi connectivity index (χ4v) is 2.09. The van der Waals surface area contributed by atoms with Crippen LogP contribution >= 0.6 is 0 Å². The number of rotatable bonds is 10. The molecule has 3 heteroatoms. The van der Waals surface area contributed by atoms with Crippen molar-refractivity contribution in [3.05, 3.63) is 23.8 Å². The highest BCUT2D eigenvalue weighted by molar-refractivity contribution is 5.42. The predicted octanol–water partition coefficient (Wildman–Crippen LogP) is 4.01. The topological polar surface area (TPSA) is 30.5 Å². The first-order valence-electron chi connectivity index (χ1n) is 7.75. The number of nitrogens with one attached hydrogen (secondary N) is 1. The van der Waals surface area contributed by atoms with E-state index in [1.165, 1.54) is 5.56 Å². The molecular formula is C17H29NO2. The van der Waals surface area contributed by atoms with Crippen LogP contribution in [0.25, 0.3) is 0 Å². The largest absolute Gasteiger partial charge is 0.493 e. The van der Waals surface area contributed by atoms with Crippen molar-refractivity contribution in [3.8, 4) is 11.5 Å². The van der Waals surface area contributed by atoms with E-state index in [0.717, 1.165) is 50.5 Å². The molecule has 0 aliphatic heterocycles. The molecule has 0 spiro atoms. The lowest BCUT2D eigenvalue weighted by atomic mass is 10.1. The lowest BCUT2D eigenvalue weighted by molar-refractivity contribution is 0.230. The van der Waals surface area contributed by atoms with Gasteiger partial charge in [0.1, 0.15) is 0 Å². The van der Waals surface area contributed by atoms with E-state index in [1.807, 2.05) is 6.07 Å². The van der Waals surface area contributed by atoms with Crippen molar-refractivity contribution < 1.29 is 9.47 Å². The molecule has 0 saturated carbocycles. The molecule has 1 N–H and O–H groups in total. The Bertz CT molecular complexity index is 375. The molecule has 114 valence electrons. The smallest absolute Gasteiger partial charge is 0.161 e. The molecule has 0 unspecified atom stereocenters. The summed E-state index contributed by atoms with van der Waals surface area (Å²) in [5.74, 6) is 2.28. The zero-order valence-corrected chi connectivity index (χ0v) is 13.4. The van der Waals surface area contributed by atoms with Gasteiger partial charge in [-0.3, -0.25) is 0 Å². The van der Waals surface area contributed by atoms with Gasteiger partial charge >= 0.3 is 0 Å². The summed E-state index contributed by atoms with van der Waals surface area (Å²) in [6.07, 6.45) is 3.45. The number of hydrogen-bond acceptors (Lipinski definition) is 3. The maximum atomic E-state index is 5.97. The number of hydrogen-bond donors (Lipinski definition) is 1. The minimum atomic E-state index is 0.613. The maximum Gasteiger partial charge on any atom is 0.161 e. The highest BCUT2D eigenvalue weighted by Crippen LogP contribution is 2.29. The van der Waals surface area contributed by atoms with E-state index in [2.05, 4.69) is 38.2 Å². The van der Waals surface area contributed by atoms with Gasteiger partial charge in [-0.1, -0.05) is 39.7 Å². The van der Waals surface area contributed by atoms with Crippen molar-refractivity contribution in [2.45, 2.75) is 46.6 Å². The van der Waals surface area contributed by atoms with Gasteiger partial charge in [0.2, 0.25) is 0 Å². The molecular weight excluding hydrogens is 250 g/mol. The van der Waals surface area contributed by atoms with Gasteiger partial charge in [-0.2, -0.15) is 0 Å². The van der Waals surface area contributed by atoms with Crippen molar-refractivity contribution in [2.24, 2.45) is 5.92 Å². The quantitative estimate of drug-likeness (QED) is 0.656. The van der Waals surface area contributed by atoms with Crippen molar-refractivity contribution in [1.29, 1.82) is 0 Å². The predicted molar refractivity (Wildman–Crippen MR) is 84.6 cm³/mol. The van der Waals surface area contributed by atoms with E-state index in [0.29, 0.717) is 5.92 Å². The normalized spacial score (nSPS) is 10.8. The third-order valence-electron chi connectivity index (χ3n) is 3.61. The number of methoxy groups -OCH3 is 1. The third-order valence-corrected chi connectivity index (χ3v) is 3.61. The Hall–Kier alpha value is -1.22. The van der Waals surface area contributed by atoms with Gasteiger partial charge in [0.05, 0.1) is 13.7 Å². The molecule has 3 nitrogen and oxygen atoms in total. The Morgan fingerprint density at radius 3 is 2.45 bits per heavy atom. The van der Waals surface area contributed by atoms with Crippen LogP contribution < -0.4 is 14.8 Å². The van der Waals surface area contributed by atoms with Gasteiger partial charge in [-0.25, -0.2) is 0 Å². The highest BCUT2D eigenvalue weighted by atomic mass is 16.5. The van der Waals surface area contributed by atoms with Crippen LogP contribution in [0.2, 0.25) is 0 Å².